The lowest BCUT2D eigenvalue weighted by Crippen LogP contribution is -2.43. The number of amides is 1. The molecule has 118 valence electrons. The van der Waals surface area contributed by atoms with Crippen molar-refractivity contribution in [3.8, 4) is 0 Å². The van der Waals surface area contributed by atoms with Crippen molar-refractivity contribution < 1.29 is 4.79 Å². The van der Waals surface area contributed by atoms with Crippen LogP contribution in [-0.2, 0) is 11.3 Å². The fourth-order valence-corrected chi connectivity index (χ4v) is 3.03. The van der Waals surface area contributed by atoms with Gasteiger partial charge in [-0.3, -0.25) is 4.79 Å². The second-order valence-corrected chi connectivity index (χ2v) is 5.83. The molecule has 1 aromatic rings. The van der Waals surface area contributed by atoms with Gasteiger partial charge in [0.2, 0.25) is 5.91 Å². The summed E-state index contributed by atoms with van der Waals surface area (Å²) in [5.74, 6) is 0.130. The molecule has 1 aliphatic rings. The van der Waals surface area contributed by atoms with Crippen molar-refractivity contribution in [2.75, 3.05) is 6.54 Å². The molecule has 0 radical (unpaired) electrons. The minimum atomic E-state index is -0.102. The van der Waals surface area contributed by atoms with Crippen LogP contribution in [0.1, 0.15) is 64.1 Å². The highest BCUT2D eigenvalue weighted by Gasteiger charge is 2.24. The fourth-order valence-electron chi connectivity index (χ4n) is 3.03. The van der Waals surface area contributed by atoms with Crippen LogP contribution in [0.15, 0.2) is 6.20 Å². The van der Waals surface area contributed by atoms with Crippen LogP contribution in [0, 0.1) is 0 Å². The number of rotatable bonds is 6. The lowest BCUT2D eigenvalue weighted by atomic mass is 9.94. The number of likely N-dealkylation sites (N-methyl/N-ethyl adjacent to an activating group) is 1. The molecule has 1 saturated carbocycles. The van der Waals surface area contributed by atoms with Crippen molar-refractivity contribution in [3.05, 3.63) is 11.9 Å². The maximum Gasteiger partial charge on any atom is 0.244 e. The van der Waals surface area contributed by atoms with Crippen LogP contribution in [0.25, 0.3) is 0 Å². The number of nitrogens with two attached hydrogens (primary N) is 1. The number of nitrogens with zero attached hydrogens (tertiary/aromatic N) is 4. The molecule has 1 fully saturated rings. The van der Waals surface area contributed by atoms with E-state index in [2.05, 4.69) is 10.3 Å². The van der Waals surface area contributed by atoms with Crippen molar-refractivity contribution >= 4 is 5.91 Å². The molecule has 6 heteroatoms. The van der Waals surface area contributed by atoms with Crippen LogP contribution in [-0.4, -0.2) is 38.4 Å². The number of carbonyl (C=O) groups excluding carboxylic acids is 1. The van der Waals surface area contributed by atoms with Gasteiger partial charge < -0.3 is 10.6 Å². The van der Waals surface area contributed by atoms with Gasteiger partial charge in [0.1, 0.15) is 6.54 Å². The van der Waals surface area contributed by atoms with Crippen molar-refractivity contribution in [1.82, 2.24) is 19.9 Å². The number of aromatic nitrogens is 3. The Kier molecular flexibility index (Phi) is 5.73. The Morgan fingerprint density at radius 1 is 1.43 bits per heavy atom. The average Bonchev–Trinajstić information content (AvgIpc) is 2.96. The summed E-state index contributed by atoms with van der Waals surface area (Å²) in [6, 6.07) is 0.298. The zero-order chi connectivity index (χ0) is 15.2. The van der Waals surface area contributed by atoms with Gasteiger partial charge in [0.05, 0.1) is 17.9 Å². The summed E-state index contributed by atoms with van der Waals surface area (Å²) in [5.41, 5.74) is 6.69. The lowest BCUT2D eigenvalue weighted by Gasteiger charge is -2.33. The molecule has 1 unspecified atom stereocenters. The highest BCUT2D eigenvalue weighted by molar-refractivity contribution is 5.76. The minimum Gasteiger partial charge on any atom is -0.338 e. The first-order chi connectivity index (χ1) is 10.2. The minimum absolute atomic E-state index is 0.102. The van der Waals surface area contributed by atoms with E-state index in [-0.39, 0.29) is 18.5 Å². The Morgan fingerprint density at radius 3 is 2.76 bits per heavy atom. The Balaban J connectivity index is 1.96. The van der Waals surface area contributed by atoms with Crippen molar-refractivity contribution in [2.24, 2.45) is 5.73 Å². The first kappa shape index (κ1) is 15.9. The summed E-state index contributed by atoms with van der Waals surface area (Å²) >= 11 is 0. The number of hydrogen-bond donors (Lipinski definition) is 1. The highest BCUT2D eigenvalue weighted by atomic mass is 16.2. The SMILES string of the molecule is CCC(N)c1cn(CC(=O)N(CC)C2CCCCC2)nn1. The second-order valence-electron chi connectivity index (χ2n) is 5.83. The molecule has 21 heavy (non-hydrogen) atoms. The van der Waals surface area contributed by atoms with E-state index in [1.54, 1.807) is 10.9 Å². The van der Waals surface area contributed by atoms with E-state index in [9.17, 15) is 4.79 Å². The molecular formula is C15H27N5O. The monoisotopic (exact) mass is 293 g/mol. The van der Waals surface area contributed by atoms with Gasteiger partial charge in [0.15, 0.2) is 0 Å². The predicted molar refractivity (Wildman–Crippen MR) is 81.5 cm³/mol. The van der Waals surface area contributed by atoms with E-state index in [0.29, 0.717) is 6.04 Å². The first-order valence-corrected chi connectivity index (χ1v) is 8.10. The van der Waals surface area contributed by atoms with Crippen molar-refractivity contribution in [2.45, 2.75) is 71.0 Å². The van der Waals surface area contributed by atoms with Crippen LogP contribution < -0.4 is 5.73 Å². The van der Waals surface area contributed by atoms with E-state index in [4.69, 9.17) is 5.73 Å². The van der Waals surface area contributed by atoms with Crippen LogP contribution in [0.2, 0.25) is 0 Å². The molecule has 0 aromatic carbocycles. The molecule has 2 rings (SSSR count). The summed E-state index contributed by atoms with van der Waals surface area (Å²) in [5, 5.41) is 8.08. The maximum absolute atomic E-state index is 12.5. The molecule has 1 heterocycles. The van der Waals surface area contributed by atoms with Gasteiger partial charge in [0.25, 0.3) is 0 Å². The molecule has 1 aliphatic carbocycles. The average molecular weight is 293 g/mol. The molecule has 1 atom stereocenters. The lowest BCUT2D eigenvalue weighted by molar-refractivity contribution is -0.134. The van der Waals surface area contributed by atoms with Gasteiger partial charge in [-0.25, -0.2) is 4.68 Å². The van der Waals surface area contributed by atoms with E-state index < -0.39 is 0 Å². The molecule has 2 N–H and O–H groups in total. The van der Waals surface area contributed by atoms with Gasteiger partial charge in [-0.05, 0) is 26.2 Å². The summed E-state index contributed by atoms with van der Waals surface area (Å²) < 4.78 is 1.61. The van der Waals surface area contributed by atoms with Gasteiger partial charge >= 0.3 is 0 Å². The van der Waals surface area contributed by atoms with Crippen LogP contribution >= 0.6 is 0 Å². The predicted octanol–water partition coefficient (Wildman–Crippen LogP) is 1.87. The Labute approximate surface area is 126 Å². The van der Waals surface area contributed by atoms with Gasteiger partial charge in [0, 0.05) is 12.6 Å². The summed E-state index contributed by atoms with van der Waals surface area (Å²) in [4.78, 5) is 14.5. The van der Waals surface area contributed by atoms with Crippen LogP contribution in [0.4, 0.5) is 0 Å². The maximum atomic E-state index is 12.5. The zero-order valence-electron chi connectivity index (χ0n) is 13.2. The molecule has 0 spiro atoms. The molecule has 0 aliphatic heterocycles. The Bertz CT molecular complexity index is 453. The third-order valence-electron chi connectivity index (χ3n) is 4.35. The van der Waals surface area contributed by atoms with Crippen molar-refractivity contribution in [1.29, 1.82) is 0 Å². The van der Waals surface area contributed by atoms with Gasteiger partial charge in [-0.2, -0.15) is 0 Å². The third kappa shape index (κ3) is 4.03. The van der Waals surface area contributed by atoms with E-state index >= 15 is 0 Å². The van der Waals surface area contributed by atoms with Crippen LogP contribution in [0.3, 0.4) is 0 Å². The first-order valence-electron chi connectivity index (χ1n) is 8.10. The Hall–Kier alpha value is -1.43. The summed E-state index contributed by atoms with van der Waals surface area (Å²) in [7, 11) is 0. The molecule has 0 saturated heterocycles. The van der Waals surface area contributed by atoms with Crippen molar-refractivity contribution in [3.63, 3.8) is 0 Å². The second kappa shape index (κ2) is 7.54. The standard InChI is InChI=1S/C15H27N5O/c1-3-13(16)14-10-19(18-17-14)11-15(21)20(4-2)12-8-6-5-7-9-12/h10,12-13H,3-9,11,16H2,1-2H3. The topological polar surface area (TPSA) is 77.0 Å². The van der Waals surface area contributed by atoms with Crippen LogP contribution in [0.5, 0.6) is 0 Å². The molecular weight excluding hydrogens is 266 g/mol. The summed E-state index contributed by atoms with van der Waals surface area (Å²) in [6.07, 6.45) is 8.62. The van der Waals surface area contributed by atoms with E-state index in [1.807, 2.05) is 18.7 Å². The molecule has 6 nitrogen and oxygen atoms in total. The number of carbonyl (C=O) groups is 1. The quantitative estimate of drug-likeness (QED) is 0.868. The molecule has 0 bridgehead atoms. The Morgan fingerprint density at radius 2 is 2.14 bits per heavy atom. The van der Waals surface area contributed by atoms with Gasteiger partial charge in [-0.15, -0.1) is 5.10 Å². The normalized spacial score (nSPS) is 17.7. The highest BCUT2D eigenvalue weighted by Crippen LogP contribution is 2.22. The van der Waals surface area contributed by atoms with Gasteiger partial charge in [-0.1, -0.05) is 31.4 Å². The van der Waals surface area contributed by atoms with E-state index in [1.165, 1.54) is 19.3 Å². The zero-order valence-corrected chi connectivity index (χ0v) is 13.2. The smallest absolute Gasteiger partial charge is 0.244 e. The van der Waals surface area contributed by atoms with E-state index in [0.717, 1.165) is 31.5 Å². The molecule has 1 amide bonds. The summed E-state index contributed by atoms with van der Waals surface area (Å²) in [6.45, 7) is 5.08. The fraction of sp³-hybridized carbons (Fsp3) is 0.800. The number of hydrogen-bond acceptors (Lipinski definition) is 4. The molecule has 1 aromatic heterocycles. The largest absolute Gasteiger partial charge is 0.338 e. The third-order valence-corrected chi connectivity index (χ3v) is 4.35.